The molecule has 0 heterocycles. The zero-order chi connectivity index (χ0) is 13.4. The number of aryl methyl sites for hydroxylation is 1. The van der Waals surface area contributed by atoms with Crippen LogP contribution in [0.5, 0.6) is 0 Å². The van der Waals surface area contributed by atoms with Gasteiger partial charge in [-0.1, -0.05) is 11.6 Å². The van der Waals surface area contributed by atoms with Crippen molar-refractivity contribution in [3.05, 3.63) is 29.3 Å². The van der Waals surface area contributed by atoms with E-state index in [0.717, 1.165) is 42.0 Å². The van der Waals surface area contributed by atoms with Crippen LogP contribution in [0.1, 0.15) is 28.8 Å². The van der Waals surface area contributed by atoms with E-state index in [1.54, 1.807) is 0 Å². The molecule has 0 saturated heterocycles. The summed E-state index contributed by atoms with van der Waals surface area (Å²) in [6.07, 6.45) is 4.28. The smallest absolute Gasteiger partial charge is 0.253 e. The summed E-state index contributed by atoms with van der Waals surface area (Å²) >= 11 is 1.84. The Morgan fingerprint density at radius 2 is 2.11 bits per heavy atom. The third kappa shape index (κ3) is 4.61. The molecule has 18 heavy (non-hydrogen) atoms. The second kappa shape index (κ2) is 8.03. The molecule has 0 saturated carbocycles. The molecule has 0 bridgehead atoms. The Hall–Kier alpha value is -1.16. The number of nitrogens with one attached hydrogen (secondary N) is 2. The minimum atomic E-state index is 0.00667. The van der Waals surface area contributed by atoms with Crippen molar-refractivity contribution in [2.24, 2.45) is 0 Å². The van der Waals surface area contributed by atoms with Crippen LogP contribution < -0.4 is 10.6 Å². The third-order valence-electron chi connectivity index (χ3n) is 2.75. The predicted octanol–water partition coefficient (Wildman–Crippen LogP) is 2.91. The minimum absolute atomic E-state index is 0.00667. The summed E-state index contributed by atoms with van der Waals surface area (Å²) in [7, 11) is 1.83. The Balaban J connectivity index is 2.52. The second-order valence-corrected chi connectivity index (χ2v) is 5.24. The number of carbonyl (C=O) groups is 1. The average Bonchev–Trinajstić information content (AvgIpc) is 2.38. The first-order valence-corrected chi connectivity index (χ1v) is 7.64. The Morgan fingerprint density at radius 1 is 1.33 bits per heavy atom. The molecule has 0 aliphatic heterocycles. The second-order valence-electron chi connectivity index (χ2n) is 4.25. The first-order chi connectivity index (χ1) is 8.69. The maximum Gasteiger partial charge on any atom is 0.253 e. The number of carbonyl (C=O) groups excluding carboxylic acids is 1. The molecule has 0 aliphatic carbocycles. The fourth-order valence-electron chi connectivity index (χ4n) is 1.73. The highest BCUT2D eigenvalue weighted by atomic mass is 32.2. The zero-order valence-electron chi connectivity index (χ0n) is 11.4. The molecule has 4 heteroatoms. The molecule has 2 N–H and O–H groups in total. The van der Waals surface area contributed by atoms with Gasteiger partial charge in [0.25, 0.3) is 5.91 Å². The first-order valence-electron chi connectivity index (χ1n) is 6.24. The molecule has 0 aromatic heterocycles. The third-order valence-corrected chi connectivity index (χ3v) is 3.45. The van der Waals surface area contributed by atoms with Crippen molar-refractivity contribution >= 4 is 23.4 Å². The van der Waals surface area contributed by atoms with Crippen LogP contribution in [0.25, 0.3) is 0 Å². The van der Waals surface area contributed by atoms with Crippen molar-refractivity contribution in [2.75, 3.05) is 30.9 Å². The normalized spacial score (nSPS) is 10.2. The molecule has 0 aliphatic rings. The summed E-state index contributed by atoms with van der Waals surface area (Å²) < 4.78 is 0. The van der Waals surface area contributed by atoms with E-state index >= 15 is 0 Å². The number of rotatable bonds is 7. The van der Waals surface area contributed by atoms with Crippen LogP contribution in [0, 0.1) is 6.92 Å². The largest absolute Gasteiger partial charge is 0.387 e. The molecule has 0 fully saturated rings. The van der Waals surface area contributed by atoms with Gasteiger partial charge < -0.3 is 10.6 Å². The number of anilines is 1. The lowest BCUT2D eigenvalue weighted by atomic mass is 10.1. The van der Waals surface area contributed by atoms with Gasteiger partial charge in [-0.3, -0.25) is 4.79 Å². The summed E-state index contributed by atoms with van der Waals surface area (Å²) in [5, 5.41) is 6.02. The van der Waals surface area contributed by atoms with Crippen molar-refractivity contribution in [1.82, 2.24) is 5.32 Å². The van der Waals surface area contributed by atoms with E-state index in [1.807, 2.05) is 43.9 Å². The van der Waals surface area contributed by atoms with E-state index in [4.69, 9.17) is 0 Å². The topological polar surface area (TPSA) is 41.1 Å². The van der Waals surface area contributed by atoms with Gasteiger partial charge >= 0.3 is 0 Å². The van der Waals surface area contributed by atoms with E-state index in [2.05, 4.69) is 16.9 Å². The summed E-state index contributed by atoms with van der Waals surface area (Å²) in [5.74, 6) is 1.16. The van der Waals surface area contributed by atoms with Crippen LogP contribution in [0.2, 0.25) is 0 Å². The number of hydrogen-bond donors (Lipinski definition) is 2. The van der Waals surface area contributed by atoms with Crippen LogP contribution in [-0.4, -0.2) is 31.5 Å². The molecule has 1 amide bonds. The monoisotopic (exact) mass is 266 g/mol. The number of benzene rings is 1. The van der Waals surface area contributed by atoms with Crippen molar-refractivity contribution in [2.45, 2.75) is 19.8 Å². The Kier molecular flexibility index (Phi) is 6.65. The molecule has 3 nitrogen and oxygen atoms in total. The van der Waals surface area contributed by atoms with Gasteiger partial charge in [0.1, 0.15) is 0 Å². The number of thioether (sulfide) groups is 1. The summed E-state index contributed by atoms with van der Waals surface area (Å²) in [6.45, 7) is 2.74. The van der Waals surface area contributed by atoms with E-state index < -0.39 is 0 Å². The van der Waals surface area contributed by atoms with E-state index in [-0.39, 0.29) is 5.91 Å². The van der Waals surface area contributed by atoms with Crippen molar-refractivity contribution in [3.8, 4) is 0 Å². The Morgan fingerprint density at radius 3 is 2.78 bits per heavy atom. The highest BCUT2D eigenvalue weighted by Gasteiger charge is 2.09. The lowest BCUT2D eigenvalue weighted by Gasteiger charge is -2.10. The summed E-state index contributed by atoms with van der Waals surface area (Å²) in [6, 6.07) is 5.86. The standard InChI is InChI=1S/C14H22N2OS/c1-11-6-7-13(15-2)12(10-11)14(17)16-8-4-5-9-18-3/h6-7,10,15H,4-5,8-9H2,1-3H3,(H,16,17). The van der Waals surface area contributed by atoms with E-state index in [1.165, 1.54) is 0 Å². The van der Waals surface area contributed by atoms with E-state index in [0.29, 0.717) is 0 Å². The maximum atomic E-state index is 12.1. The van der Waals surface area contributed by atoms with Crippen molar-refractivity contribution < 1.29 is 4.79 Å². The van der Waals surface area contributed by atoms with Gasteiger partial charge in [-0.25, -0.2) is 0 Å². The summed E-state index contributed by atoms with van der Waals surface area (Å²) in [5.41, 5.74) is 2.70. The lowest BCUT2D eigenvalue weighted by Crippen LogP contribution is -2.25. The maximum absolute atomic E-state index is 12.1. The highest BCUT2D eigenvalue weighted by Crippen LogP contribution is 2.16. The van der Waals surface area contributed by atoms with Crippen molar-refractivity contribution in [3.63, 3.8) is 0 Å². The number of amides is 1. The van der Waals surface area contributed by atoms with Crippen LogP contribution in [0.3, 0.4) is 0 Å². The Bertz CT molecular complexity index is 393. The molecule has 1 aromatic carbocycles. The van der Waals surface area contributed by atoms with Gasteiger partial charge in [0.2, 0.25) is 0 Å². The molecule has 0 atom stereocenters. The highest BCUT2D eigenvalue weighted by molar-refractivity contribution is 7.98. The van der Waals surface area contributed by atoms with E-state index in [9.17, 15) is 4.79 Å². The van der Waals surface area contributed by atoms with Gasteiger partial charge in [-0.2, -0.15) is 11.8 Å². The van der Waals surface area contributed by atoms with Crippen LogP contribution in [0.15, 0.2) is 18.2 Å². The fourth-order valence-corrected chi connectivity index (χ4v) is 2.23. The predicted molar refractivity (Wildman–Crippen MR) is 80.7 cm³/mol. The zero-order valence-corrected chi connectivity index (χ0v) is 12.2. The minimum Gasteiger partial charge on any atom is -0.387 e. The molecular formula is C14H22N2OS. The van der Waals surface area contributed by atoms with Gasteiger partial charge in [0.05, 0.1) is 5.56 Å². The first kappa shape index (κ1) is 14.9. The van der Waals surface area contributed by atoms with Crippen LogP contribution >= 0.6 is 11.8 Å². The Labute approximate surface area is 114 Å². The number of unbranched alkanes of at least 4 members (excludes halogenated alkanes) is 1. The van der Waals surface area contributed by atoms with Gasteiger partial charge in [-0.05, 0) is 43.9 Å². The summed E-state index contributed by atoms with van der Waals surface area (Å²) in [4.78, 5) is 12.1. The quantitative estimate of drug-likeness (QED) is 0.746. The number of hydrogen-bond acceptors (Lipinski definition) is 3. The molecule has 100 valence electrons. The molecule has 0 unspecified atom stereocenters. The van der Waals surface area contributed by atoms with Gasteiger partial charge in [0.15, 0.2) is 0 Å². The molecule has 1 aromatic rings. The molecule has 0 spiro atoms. The molecule has 1 rings (SSSR count). The van der Waals surface area contributed by atoms with Gasteiger partial charge in [-0.15, -0.1) is 0 Å². The SMILES string of the molecule is CNc1ccc(C)cc1C(=O)NCCCCSC. The fraction of sp³-hybridized carbons (Fsp3) is 0.500. The van der Waals surface area contributed by atoms with Crippen LogP contribution in [-0.2, 0) is 0 Å². The lowest BCUT2D eigenvalue weighted by molar-refractivity contribution is 0.0954. The molecular weight excluding hydrogens is 244 g/mol. The molecule has 0 radical (unpaired) electrons. The van der Waals surface area contributed by atoms with Crippen LogP contribution in [0.4, 0.5) is 5.69 Å². The van der Waals surface area contributed by atoms with Crippen molar-refractivity contribution in [1.29, 1.82) is 0 Å². The van der Waals surface area contributed by atoms with Gasteiger partial charge in [0, 0.05) is 19.3 Å². The average molecular weight is 266 g/mol.